The van der Waals surface area contributed by atoms with E-state index in [1.54, 1.807) is 6.92 Å². The van der Waals surface area contributed by atoms with E-state index in [0.717, 1.165) is 16.8 Å². The third-order valence-electron chi connectivity index (χ3n) is 2.64. The van der Waals surface area contributed by atoms with E-state index < -0.39 is 23.4 Å². The van der Waals surface area contributed by atoms with Gasteiger partial charge in [-0.25, -0.2) is 23.2 Å². The number of benzene rings is 1. The molecule has 2 aromatic rings. The van der Waals surface area contributed by atoms with Crippen LogP contribution in [0.5, 0.6) is 0 Å². The number of nitrogens with zero attached hydrogens (tertiary/aromatic N) is 3. The summed E-state index contributed by atoms with van der Waals surface area (Å²) < 4.78 is 28.4. The molecule has 1 aromatic heterocycles. The summed E-state index contributed by atoms with van der Waals surface area (Å²) in [6.45, 7) is 3.15. The average Bonchev–Trinajstić information content (AvgIpc) is 2.77. The van der Waals surface area contributed by atoms with Gasteiger partial charge in [-0.15, -0.1) is 5.10 Å². The summed E-state index contributed by atoms with van der Waals surface area (Å²) in [7, 11) is 0. The fourth-order valence-electron chi connectivity index (χ4n) is 1.65. The molecule has 7 heteroatoms. The molecular weight excluding hydrogens is 256 g/mol. The Labute approximate surface area is 107 Å². The van der Waals surface area contributed by atoms with Gasteiger partial charge in [-0.05, 0) is 18.6 Å². The molecule has 0 saturated carbocycles. The van der Waals surface area contributed by atoms with Crippen LogP contribution in [-0.2, 0) is 6.42 Å². The number of halogens is 2. The summed E-state index contributed by atoms with van der Waals surface area (Å²) in [6.07, 6.45) is 0.342. The summed E-state index contributed by atoms with van der Waals surface area (Å²) >= 11 is 0. The molecule has 0 aliphatic heterocycles. The van der Waals surface area contributed by atoms with Crippen LogP contribution < -0.4 is 0 Å². The van der Waals surface area contributed by atoms with Gasteiger partial charge in [0.05, 0.1) is 0 Å². The van der Waals surface area contributed by atoms with E-state index >= 15 is 0 Å². The molecule has 0 saturated heterocycles. The molecule has 1 heterocycles. The van der Waals surface area contributed by atoms with Crippen LogP contribution in [0.1, 0.15) is 28.9 Å². The second-order valence-corrected chi connectivity index (χ2v) is 3.97. The minimum Gasteiger partial charge on any atom is -0.475 e. The first-order chi connectivity index (χ1) is 8.93. The number of hydrogen-bond donors (Lipinski definition) is 1. The first-order valence-corrected chi connectivity index (χ1v) is 5.59. The normalized spacial score (nSPS) is 10.7. The van der Waals surface area contributed by atoms with Crippen molar-refractivity contribution in [3.05, 3.63) is 41.0 Å². The lowest BCUT2D eigenvalue weighted by Gasteiger charge is -2.07. The van der Waals surface area contributed by atoms with Crippen LogP contribution in [0.2, 0.25) is 0 Å². The van der Waals surface area contributed by atoms with Crippen molar-refractivity contribution in [2.45, 2.75) is 20.3 Å². The lowest BCUT2D eigenvalue weighted by atomic mass is 10.2. The first kappa shape index (κ1) is 13.1. The largest absolute Gasteiger partial charge is 0.475 e. The van der Waals surface area contributed by atoms with Crippen LogP contribution >= 0.6 is 0 Å². The van der Waals surface area contributed by atoms with Crippen LogP contribution in [0.4, 0.5) is 8.78 Å². The highest BCUT2D eigenvalue weighted by Crippen LogP contribution is 2.19. The molecule has 2 rings (SSSR count). The molecule has 0 bridgehead atoms. The predicted octanol–water partition coefficient (Wildman–Crippen LogP) is 2.11. The lowest BCUT2D eigenvalue weighted by Crippen LogP contribution is -2.06. The molecular formula is C12H11F2N3O2. The maximum absolute atomic E-state index is 13.8. The van der Waals surface area contributed by atoms with Gasteiger partial charge in [0.1, 0.15) is 23.1 Å². The quantitative estimate of drug-likeness (QED) is 0.924. The molecule has 5 nitrogen and oxygen atoms in total. The Balaban J connectivity index is 2.64. The van der Waals surface area contributed by atoms with Crippen molar-refractivity contribution >= 4 is 5.97 Å². The zero-order valence-corrected chi connectivity index (χ0v) is 10.3. The summed E-state index contributed by atoms with van der Waals surface area (Å²) in [5.41, 5.74) is 0.0119. The first-order valence-electron chi connectivity index (χ1n) is 5.59. The zero-order valence-electron chi connectivity index (χ0n) is 10.3. The molecule has 100 valence electrons. The maximum atomic E-state index is 13.8. The Kier molecular flexibility index (Phi) is 3.28. The monoisotopic (exact) mass is 267 g/mol. The Hall–Kier alpha value is -2.31. The molecule has 0 atom stereocenters. The minimum atomic E-state index is -1.32. The minimum absolute atomic E-state index is 0.153. The van der Waals surface area contributed by atoms with E-state index in [0.29, 0.717) is 6.42 Å². The van der Waals surface area contributed by atoms with Crippen LogP contribution in [0.3, 0.4) is 0 Å². The van der Waals surface area contributed by atoms with Gasteiger partial charge in [0, 0.05) is 12.5 Å². The predicted molar refractivity (Wildman–Crippen MR) is 62.3 cm³/mol. The standard InChI is InChI=1S/C12H11F2N3O2/c1-3-10-15-11(12(18)19)16-17(10)9-5-7(13)6(2)4-8(9)14/h4-5H,3H2,1-2H3,(H,18,19). The van der Waals surface area contributed by atoms with Crippen LogP contribution in [-0.4, -0.2) is 25.8 Å². The Morgan fingerprint density at radius 1 is 1.37 bits per heavy atom. The smallest absolute Gasteiger partial charge is 0.375 e. The summed E-state index contributed by atoms with van der Waals surface area (Å²) in [5.74, 6) is -2.79. The Bertz CT molecular complexity index is 653. The summed E-state index contributed by atoms with van der Waals surface area (Å²) in [6, 6.07) is 2.01. The van der Waals surface area contributed by atoms with Gasteiger partial charge < -0.3 is 5.11 Å². The van der Waals surface area contributed by atoms with Gasteiger partial charge in [0.2, 0.25) is 0 Å². The second kappa shape index (κ2) is 4.75. The highest BCUT2D eigenvalue weighted by Gasteiger charge is 2.18. The molecule has 0 amide bonds. The maximum Gasteiger partial charge on any atom is 0.375 e. The molecule has 19 heavy (non-hydrogen) atoms. The van der Waals surface area contributed by atoms with Gasteiger partial charge in [0.15, 0.2) is 0 Å². The van der Waals surface area contributed by atoms with E-state index in [9.17, 15) is 13.6 Å². The number of carbonyl (C=O) groups is 1. The van der Waals surface area contributed by atoms with E-state index in [1.807, 2.05) is 0 Å². The van der Waals surface area contributed by atoms with Gasteiger partial charge >= 0.3 is 5.97 Å². The van der Waals surface area contributed by atoms with Gasteiger partial charge in [-0.2, -0.15) is 0 Å². The number of carboxylic acids is 1. The number of aromatic carboxylic acids is 1. The van der Waals surface area contributed by atoms with Crippen LogP contribution in [0.25, 0.3) is 5.69 Å². The number of carboxylic acid groups (broad SMARTS) is 1. The molecule has 0 radical (unpaired) electrons. The van der Waals surface area contributed by atoms with Crippen molar-refractivity contribution in [2.75, 3.05) is 0 Å². The highest BCUT2D eigenvalue weighted by atomic mass is 19.1. The van der Waals surface area contributed by atoms with E-state index in [1.165, 1.54) is 6.92 Å². The lowest BCUT2D eigenvalue weighted by molar-refractivity contribution is 0.0683. The molecule has 0 unspecified atom stereocenters. The van der Waals surface area contributed by atoms with Crippen molar-refractivity contribution in [1.82, 2.24) is 14.8 Å². The average molecular weight is 267 g/mol. The van der Waals surface area contributed by atoms with Crippen molar-refractivity contribution in [2.24, 2.45) is 0 Å². The fourth-order valence-corrected chi connectivity index (χ4v) is 1.65. The van der Waals surface area contributed by atoms with Gasteiger partial charge in [-0.3, -0.25) is 0 Å². The van der Waals surface area contributed by atoms with Crippen molar-refractivity contribution < 1.29 is 18.7 Å². The SMILES string of the molecule is CCc1nc(C(=O)O)nn1-c1cc(F)c(C)cc1F. The van der Waals surface area contributed by atoms with Crippen molar-refractivity contribution in [3.8, 4) is 5.69 Å². The van der Waals surface area contributed by atoms with E-state index in [-0.39, 0.29) is 17.1 Å². The van der Waals surface area contributed by atoms with Gasteiger partial charge in [0.25, 0.3) is 5.82 Å². The van der Waals surface area contributed by atoms with Crippen molar-refractivity contribution in [1.29, 1.82) is 0 Å². The topological polar surface area (TPSA) is 68.0 Å². The zero-order chi connectivity index (χ0) is 14.2. The number of aryl methyl sites for hydroxylation is 2. The fraction of sp³-hybridized carbons (Fsp3) is 0.250. The van der Waals surface area contributed by atoms with E-state index in [4.69, 9.17) is 5.11 Å². The van der Waals surface area contributed by atoms with E-state index in [2.05, 4.69) is 10.1 Å². The second-order valence-electron chi connectivity index (χ2n) is 3.97. The van der Waals surface area contributed by atoms with Crippen LogP contribution in [0, 0.1) is 18.6 Å². The molecule has 0 aliphatic carbocycles. The van der Waals surface area contributed by atoms with Crippen molar-refractivity contribution in [3.63, 3.8) is 0 Å². The summed E-state index contributed by atoms with van der Waals surface area (Å²) in [4.78, 5) is 14.6. The highest BCUT2D eigenvalue weighted by molar-refractivity contribution is 5.83. The number of rotatable bonds is 3. The Morgan fingerprint density at radius 2 is 2.05 bits per heavy atom. The molecule has 0 fully saturated rings. The molecule has 1 N–H and O–H groups in total. The molecule has 0 spiro atoms. The summed E-state index contributed by atoms with van der Waals surface area (Å²) in [5, 5.41) is 12.5. The molecule has 0 aliphatic rings. The third kappa shape index (κ3) is 2.31. The molecule has 1 aromatic carbocycles. The van der Waals surface area contributed by atoms with Crippen LogP contribution in [0.15, 0.2) is 12.1 Å². The van der Waals surface area contributed by atoms with Gasteiger partial charge in [-0.1, -0.05) is 6.92 Å². The number of hydrogen-bond acceptors (Lipinski definition) is 3. The number of aromatic nitrogens is 3. The Morgan fingerprint density at radius 3 is 2.63 bits per heavy atom. The third-order valence-corrected chi connectivity index (χ3v) is 2.64.